The normalized spacial score (nSPS) is 15.7. The van der Waals surface area contributed by atoms with Crippen LogP contribution in [0.15, 0.2) is 42.5 Å². The van der Waals surface area contributed by atoms with E-state index in [1.54, 1.807) is 24.3 Å². The molecule has 0 radical (unpaired) electrons. The second-order valence-electron chi connectivity index (χ2n) is 8.12. The Labute approximate surface area is 186 Å². The number of carbonyl (C=O) groups is 1. The summed E-state index contributed by atoms with van der Waals surface area (Å²) < 4.78 is 5.49. The topological polar surface area (TPSA) is 87.6 Å². The quantitative estimate of drug-likeness (QED) is 0.624. The van der Waals surface area contributed by atoms with Gasteiger partial charge in [0, 0.05) is 29.2 Å². The number of anilines is 2. The molecule has 162 valence electrons. The van der Waals surface area contributed by atoms with Gasteiger partial charge in [0.05, 0.1) is 16.8 Å². The highest BCUT2D eigenvalue weighted by molar-refractivity contribution is 6.30. The molecule has 0 atom stereocenters. The van der Waals surface area contributed by atoms with Crippen molar-refractivity contribution in [2.45, 2.75) is 32.3 Å². The van der Waals surface area contributed by atoms with E-state index in [-0.39, 0.29) is 12.5 Å². The third-order valence-electron chi connectivity index (χ3n) is 5.47. The van der Waals surface area contributed by atoms with E-state index < -0.39 is 5.60 Å². The Bertz CT molecular complexity index is 1090. The molecule has 2 heterocycles. The van der Waals surface area contributed by atoms with E-state index >= 15 is 0 Å². The number of nitrogens with one attached hydrogen (secondary N) is 1. The number of amides is 1. The number of piperidine rings is 1. The number of hydrogen-bond acceptors (Lipinski definition) is 6. The fourth-order valence-electron chi connectivity index (χ4n) is 3.55. The average molecular weight is 441 g/mol. The fourth-order valence-corrected chi connectivity index (χ4v) is 3.68. The van der Waals surface area contributed by atoms with Crippen LogP contribution >= 0.6 is 11.6 Å². The lowest BCUT2D eigenvalue weighted by Gasteiger charge is -2.35. The van der Waals surface area contributed by atoms with Gasteiger partial charge >= 0.3 is 0 Å². The minimum absolute atomic E-state index is 0.104. The molecule has 0 saturated carbocycles. The van der Waals surface area contributed by atoms with E-state index in [0.29, 0.717) is 35.2 Å². The van der Waals surface area contributed by atoms with Crippen molar-refractivity contribution in [1.82, 2.24) is 9.97 Å². The number of carbonyl (C=O) groups excluding carboxylic acids is 1. The lowest BCUT2D eigenvalue weighted by molar-refractivity contribution is -0.118. The number of hydrogen-bond donors (Lipinski definition) is 2. The summed E-state index contributed by atoms with van der Waals surface area (Å²) in [6.45, 7) is 5.14. The maximum absolute atomic E-state index is 12.3. The molecule has 0 bridgehead atoms. The third-order valence-corrected chi connectivity index (χ3v) is 5.72. The summed E-state index contributed by atoms with van der Waals surface area (Å²) in [5, 5.41) is 14.5. The van der Waals surface area contributed by atoms with E-state index in [1.807, 2.05) is 32.0 Å². The summed E-state index contributed by atoms with van der Waals surface area (Å²) in [5.41, 5.74) is 1.69. The molecule has 1 aliphatic rings. The predicted molar refractivity (Wildman–Crippen MR) is 122 cm³/mol. The van der Waals surface area contributed by atoms with Gasteiger partial charge in [0.1, 0.15) is 5.75 Å². The number of aromatic nitrogens is 2. The van der Waals surface area contributed by atoms with Crippen molar-refractivity contribution in [3.8, 4) is 5.75 Å². The van der Waals surface area contributed by atoms with Gasteiger partial charge in [-0.15, -0.1) is 0 Å². The van der Waals surface area contributed by atoms with Crippen molar-refractivity contribution in [3.05, 3.63) is 53.2 Å². The lowest BCUT2D eigenvalue weighted by Crippen LogP contribution is -2.43. The van der Waals surface area contributed by atoms with E-state index in [1.165, 1.54) is 0 Å². The number of nitrogens with zero attached hydrogens (tertiary/aromatic N) is 3. The van der Waals surface area contributed by atoms with Gasteiger partial charge in [-0.1, -0.05) is 11.6 Å². The number of rotatable bonds is 5. The van der Waals surface area contributed by atoms with Gasteiger partial charge in [-0.25, -0.2) is 9.97 Å². The first-order valence-electron chi connectivity index (χ1n) is 10.2. The maximum atomic E-state index is 12.3. The summed E-state index contributed by atoms with van der Waals surface area (Å²) >= 11 is 5.85. The molecule has 0 unspecified atom stereocenters. The van der Waals surface area contributed by atoms with Crippen LogP contribution in [0.25, 0.3) is 10.9 Å². The van der Waals surface area contributed by atoms with Gasteiger partial charge in [-0.2, -0.15) is 0 Å². The van der Waals surface area contributed by atoms with Crippen molar-refractivity contribution in [2.75, 3.05) is 29.9 Å². The zero-order chi connectivity index (χ0) is 22.0. The van der Waals surface area contributed by atoms with Crippen LogP contribution < -0.4 is 15.0 Å². The van der Waals surface area contributed by atoms with Crippen LogP contribution in [0, 0.1) is 6.92 Å². The van der Waals surface area contributed by atoms with Crippen molar-refractivity contribution in [3.63, 3.8) is 0 Å². The van der Waals surface area contributed by atoms with Gasteiger partial charge in [-0.05, 0) is 69.2 Å². The SMILES string of the molecule is Cc1nc(N2CCC(C)(O)CC2)nc2ccc(NC(=O)COc3ccc(Cl)cc3)cc12. The highest BCUT2D eigenvalue weighted by atomic mass is 35.5. The number of aryl methyl sites for hydroxylation is 1. The summed E-state index contributed by atoms with van der Waals surface area (Å²) in [6.07, 6.45) is 1.38. The molecule has 2 N–H and O–H groups in total. The van der Waals surface area contributed by atoms with E-state index in [9.17, 15) is 9.90 Å². The average Bonchev–Trinajstić information content (AvgIpc) is 2.73. The second-order valence-corrected chi connectivity index (χ2v) is 8.55. The number of aliphatic hydroxyl groups is 1. The van der Waals surface area contributed by atoms with E-state index in [4.69, 9.17) is 21.3 Å². The summed E-state index contributed by atoms with van der Waals surface area (Å²) in [6, 6.07) is 12.4. The standard InChI is InChI=1S/C23H25ClN4O3/c1-15-19-13-17(26-21(29)14-31-18-6-3-16(24)4-7-18)5-8-20(19)27-22(25-15)28-11-9-23(2,30)10-12-28/h3-8,13,30H,9-12,14H2,1-2H3,(H,26,29). The number of ether oxygens (including phenoxy) is 1. The van der Waals surface area contributed by atoms with E-state index in [0.717, 1.165) is 29.7 Å². The lowest BCUT2D eigenvalue weighted by atomic mass is 9.94. The molecule has 1 aromatic heterocycles. The molecule has 1 saturated heterocycles. The first kappa shape index (κ1) is 21.3. The zero-order valence-electron chi connectivity index (χ0n) is 17.6. The fraction of sp³-hybridized carbons (Fsp3) is 0.348. The van der Waals surface area contributed by atoms with Gasteiger partial charge in [-0.3, -0.25) is 4.79 Å². The first-order valence-corrected chi connectivity index (χ1v) is 10.6. The zero-order valence-corrected chi connectivity index (χ0v) is 18.3. The molecule has 1 aliphatic heterocycles. The van der Waals surface area contributed by atoms with Gasteiger partial charge in [0.2, 0.25) is 5.95 Å². The highest BCUT2D eigenvalue weighted by Gasteiger charge is 2.28. The van der Waals surface area contributed by atoms with Crippen LogP contribution in [-0.2, 0) is 4.79 Å². The van der Waals surface area contributed by atoms with Crippen LogP contribution in [0.5, 0.6) is 5.75 Å². The van der Waals surface area contributed by atoms with Crippen LogP contribution in [0.2, 0.25) is 5.02 Å². The van der Waals surface area contributed by atoms with Gasteiger partial charge < -0.3 is 20.1 Å². The molecule has 8 heteroatoms. The predicted octanol–water partition coefficient (Wildman–Crippen LogP) is 3.96. The maximum Gasteiger partial charge on any atom is 0.262 e. The van der Waals surface area contributed by atoms with Crippen molar-refractivity contribution in [1.29, 1.82) is 0 Å². The molecule has 7 nitrogen and oxygen atoms in total. The molecule has 0 spiro atoms. The minimum atomic E-state index is -0.618. The Morgan fingerprint density at radius 3 is 2.61 bits per heavy atom. The molecule has 2 aromatic carbocycles. The summed E-state index contributed by atoms with van der Waals surface area (Å²) in [5.74, 6) is 0.993. The number of halogens is 1. The van der Waals surface area contributed by atoms with Crippen molar-refractivity contribution < 1.29 is 14.6 Å². The van der Waals surface area contributed by atoms with E-state index in [2.05, 4.69) is 15.2 Å². The molecule has 1 amide bonds. The monoisotopic (exact) mass is 440 g/mol. The smallest absolute Gasteiger partial charge is 0.262 e. The Kier molecular flexibility index (Phi) is 5.98. The Balaban J connectivity index is 1.43. The Morgan fingerprint density at radius 2 is 1.90 bits per heavy atom. The number of fused-ring (bicyclic) bond motifs is 1. The Hall–Kier alpha value is -2.90. The molecular weight excluding hydrogens is 416 g/mol. The second kappa shape index (κ2) is 8.69. The van der Waals surface area contributed by atoms with Crippen LogP contribution in [-0.4, -0.2) is 46.3 Å². The van der Waals surface area contributed by atoms with Crippen LogP contribution in [0.3, 0.4) is 0 Å². The Morgan fingerprint density at radius 1 is 1.19 bits per heavy atom. The summed E-state index contributed by atoms with van der Waals surface area (Å²) in [7, 11) is 0. The molecular formula is C23H25ClN4O3. The number of benzene rings is 2. The van der Waals surface area contributed by atoms with Crippen molar-refractivity contribution >= 4 is 40.0 Å². The van der Waals surface area contributed by atoms with Gasteiger partial charge in [0.25, 0.3) is 5.91 Å². The summed E-state index contributed by atoms with van der Waals surface area (Å²) in [4.78, 5) is 23.7. The molecule has 31 heavy (non-hydrogen) atoms. The largest absolute Gasteiger partial charge is 0.484 e. The van der Waals surface area contributed by atoms with Crippen LogP contribution in [0.1, 0.15) is 25.5 Å². The third kappa shape index (κ3) is 5.24. The minimum Gasteiger partial charge on any atom is -0.484 e. The molecule has 4 rings (SSSR count). The molecule has 1 fully saturated rings. The van der Waals surface area contributed by atoms with Gasteiger partial charge in [0.15, 0.2) is 6.61 Å². The van der Waals surface area contributed by atoms with Crippen molar-refractivity contribution in [2.24, 2.45) is 0 Å². The first-order chi connectivity index (χ1) is 14.8. The van der Waals surface area contributed by atoms with Crippen LogP contribution in [0.4, 0.5) is 11.6 Å². The molecule has 0 aliphatic carbocycles. The highest BCUT2D eigenvalue weighted by Crippen LogP contribution is 2.27. The molecule has 3 aromatic rings.